The van der Waals surface area contributed by atoms with Gasteiger partial charge in [0.25, 0.3) is 5.91 Å². The molecule has 0 radical (unpaired) electrons. The minimum Gasteiger partial charge on any atom is -0.495 e. The van der Waals surface area contributed by atoms with Crippen LogP contribution in [-0.2, 0) is 4.79 Å². The number of rotatable bonds is 5. The second-order valence-corrected chi connectivity index (χ2v) is 5.02. The Hall–Kier alpha value is -2.24. The number of nitrogens with zero attached hydrogens (tertiary/aromatic N) is 1. The lowest BCUT2D eigenvalue weighted by atomic mass is 10.1. The van der Waals surface area contributed by atoms with Crippen LogP contribution >= 0.6 is 0 Å². The summed E-state index contributed by atoms with van der Waals surface area (Å²) in [7, 11) is 1.50. The molecule has 1 aliphatic heterocycles. The Balaban J connectivity index is 1.86. The molecule has 6 heteroatoms. The number of para-hydroxylation sites is 1. The van der Waals surface area contributed by atoms with Crippen molar-refractivity contribution in [1.82, 2.24) is 10.2 Å². The average Bonchev–Trinajstić information content (AvgIpc) is 3.01. The minimum atomic E-state index is -0.291. The van der Waals surface area contributed by atoms with Crippen molar-refractivity contribution in [2.24, 2.45) is 0 Å². The van der Waals surface area contributed by atoms with Crippen molar-refractivity contribution in [1.29, 1.82) is 0 Å². The zero-order valence-corrected chi connectivity index (χ0v) is 12.2. The molecule has 1 aliphatic rings. The van der Waals surface area contributed by atoms with Gasteiger partial charge in [-0.15, -0.1) is 0 Å². The topological polar surface area (TPSA) is 84.7 Å². The number of nitrogens with two attached hydrogens (primary N) is 1. The maximum Gasteiger partial charge on any atom is 0.253 e. The molecular formula is C15H21N3O3. The molecule has 1 saturated heterocycles. The summed E-state index contributed by atoms with van der Waals surface area (Å²) in [5.41, 5.74) is 6.54. The summed E-state index contributed by atoms with van der Waals surface area (Å²) in [4.78, 5) is 25.8. The minimum absolute atomic E-state index is 0.0893. The van der Waals surface area contributed by atoms with E-state index in [9.17, 15) is 9.59 Å². The monoisotopic (exact) mass is 291 g/mol. The molecule has 2 amide bonds. The van der Waals surface area contributed by atoms with Crippen molar-refractivity contribution in [3.8, 4) is 5.75 Å². The number of anilines is 1. The maximum atomic E-state index is 12.1. The van der Waals surface area contributed by atoms with Gasteiger partial charge in [0.2, 0.25) is 5.91 Å². The Labute approximate surface area is 124 Å². The average molecular weight is 291 g/mol. The molecule has 0 unspecified atom stereocenters. The third-order valence-corrected chi connectivity index (χ3v) is 3.61. The first-order valence-electron chi connectivity index (χ1n) is 7.12. The number of nitrogens with one attached hydrogen (secondary N) is 1. The van der Waals surface area contributed by atoms with E-state index >= 15 is 0 Å². The maximum absolute atomic E-state index is 12.1. The Bertz CT molecular complexity index is 525. The van der Waals surface area contributed by atoms with Gasteiger partial charge in [0.1, 0.15) is 5.75 Å². The summed E-state index contributed by atoms with van der Waals surface area (Å²) >= 11 is 0. The summed E-state index contributed by atoms with van der Waals surface area (Å²) in [6.45, 7) is 1.97. The number of ether oxygens (including phenoxy) is 1. The van der Waals surface area contributed by atoms with Crippen LogP contribution in [0, 0.1) is 0 Å². The van der Waals surface area contributed by atoms with Gasteiger partial charge in [-0.3, -0.25) is 9.59 Å². The van der Waals surface area contributed by atoms with E-state index in [0.717, 1.165) is 25.9 Å². The lowest BCUT2D eigenvalue weighted by molar-refractivity contribution is -0.129. The van der Waals surface area contributed by atoms with Crippen LogP contribution in [-0.4, -0.2) is 43.5 Å². The SMILES string of the molecule is COc1cccc(C(=O)NCCC(=O)N2CCCC2)c1N. The van der Waals surface area contributed by atoms with E-state index in [0.29, 0.717) is 30.0 Å². The largest absolute Gasteiger partial charge is 0.495 e. The van der Waals surface area contributed by atoms with Gasteiger partial charge in [-0.25, -0.2) is 0 Å². The number of methoxy groups -OCH3 is 1. The van der Waals surface area contributed by atoms with Crippen molar-refractivity contribution in [3.63, 3.8) is 0 Å². The van der Waals surface area contributed by atoms with E-state index in [1.54, 1.807) is 18.2 Å². The molecular weight excluding hydrogens is 270 g/mol. The Morgan fingerprint density at radius 3 is 2.71 bits per heavy atom. The van der Waals surface area contributed by atoms with Crippen molar-refractivity contribution in [2.45, 2.75) is 19.3 Å². The number of amides is 2. The van der Waals surface area contributed by atoms with Crippen molar-refractivity contribution >= 4 is 17.5 Å². The molecule has 3 N–H and O–H groups in total. The Morgan fingerprint density at radius 1 is 1.33 bits per heavy atom. The number of carbonyl (C=O) groups excluding carboxylic acids is 2. The first kappa shape index (κ1) is 15.2. The third-order valence-electron chi connectivity index (χ3n) is 3.61. The predicted molar refractivity (Wildman–Crippen MR) is 80.2 cm³/mol. The standard InChI is InChI=1S/C15H21N3O3/c1-21-12-6-4-5-11(14(12)16)15(20)17-8-7-13(19)18-9-2-3-10-18/h4-6H,2-3,7-10,16H2,1H3,(H,17,20). The summed E-state index contributed by atoms with van der Waals surface area (Å²) in [5, 5.41) is 2.72. The summed E-state index contributed by atoms with van der Waals surface area (Å²) in [6, 6.07) is 5.04. The zero-order valence-electron chi connectivity index (χ0n) is 12.2. The molecule has 1 heterocycles. The highest BCUT2D eigenvalue weighted by atomic mass is 16.5. The molecule has 0 saturated carbocycles. The van der Waals surface area contributed by atoms with Crippen LogP contribution in [0.2, 0.25) is 0 Å². The highest BCUT2D eigenvalue weighted by molar-refractivity contribution is 6.00. The van der Waals surface area contributed by atoms with Gasteiger partial charge in [0.05, 0.1) is 18.4 Å². The van der Waals surface area contributed by atoms with Crippen molar-refractivity contribution in [3.05, 3.63) is 23.8 Å². The van der Waals surface area contributed by atoms with Gasteiger partial charge in [-0.2, -0.15) is 0 Å². The number of likely N-dealkylation sites (tertiary alicyclic amines) is 1. The van der Waals surface area contributed by atoms with Crippen molar-refractivity contribution in [2.75, 3.05) is 32.5 Å². The fourth-order valence-corrected chi connectivity index (χ4v) is 2.42. The van der Waals surface area contributed by atoms with Crippen LogP contribution in [0.4, 0.5) is 5.69 Å². The molecule has 2 rings (SSSR count). The predicted octanol–water partition coefficient (Wildman–Crippen LogP) is 1.02. The fraction of sp³-hybridized carbons (Fsp3) is 0.467. The lowest BCUT2D eigenvalue weighted by Gasteiger charge is -2.15. The second-order valence-electron chi connectivity index (χ2n) is 5.02. The summed E-state index contributed by atoms with van der Waals surface area (Å²) < 4.78 is 5.08. The van der Waals surface area contributed by atoms with E-state index in [-0.39, 0.29) is 11.8 Å². The van der Waals surface area contributed by atoms with Crippen LogP contribution in [0.5, 0.6) is 5.75 Å². The van der Waals surface area contributed by atoms with Gasteiger partial charge < -0.3 is 20.7 Å². The Kier molecular flexibility index (Phi) is 5.03. The molecule has 0 spiro atoms. The van der Waals surface area contributed by atoms with Crippen LogP contribution in [0.25, 0.3) is 0 Å². The molecule has 0 bridgehead atoms. The zero-order chi connectivity index (χ0) is 15.2. The summed E-state index contributed by atoms with van der Waals surface area (Å²) in [6.07, 6.45) is 2.45. The molecule has 0 atom stereocenters. The number of benzene rings is 1. The third kappa shape index (κ3) is 3.65. The first-order valence-corrected chi connectivity index (χ1v) is 7.12. The molecule has 0 aromatic heterocycles. The normalized spacial score (nSPS) is 14.0. The lowest BCUT2D eigenvalue weighted by Crippen LogP contribution is -2.32. The van der Waals surface area contributed by atoms with Crippen molar-refractivity contribution < 1.29 is 14.3 Å². The van der Waals surface area contributed by atoms with E-state index < -0.39 is 0 Å². The van der Waals surface area contributed by atoms with Gasteiger partial charge in [0.15, 0.2) is 0 Å². The van der Waals surface area contributed by atoms with E-state index in [4.69, 9.17) is 10.5 Å². The molecule has 6 nitrogen and oxygen atoms in total. The van der Waals surface area contributed by atoms with Crippen LogP contribution in [0.1, 0.15) is 29.6 Å². The highest BCUT2D eigenvalue weighted by Crippen LogP contribution is 2.24. The van der Waals surface area contributed by atoms with E-state index in [1.165, 1.54) is 7.11 Å². The van der Waals surface area contributed by atoms with Gasteiger partial charge in [-0.05, 0) is 25.0 Å². The number of hydrogen-bond acceptors (Lipinski definition) is 4. The van der Waals surface area contributed by atoms with Crippen LogP contribution in [0.3, 0.4) is 0 Å². The van der Waals surface area contributed by atoms with Gasteiger partial charge in [0, 0.05) is 26.1 Å². The first-order chi connectivity index (χ1) is 10.1. The van der Waals surface area contributed by atoms with Gasteiger partial charge in [-0.1, -0.05) is 6.07 Å². The second kappa shape index (κ2) is 6.97. The molecule has 1 fully saturated rings. The van der Waals surface area contributed by atoms with Crippen LogP contribution in [0.15, 0.2) is 18.2 Å². The Morgan fingerprint density at radius 2 is 2.05 bits per heavy atom. The molecule has 114 valence electrons. The number of nitrogen functional groups attached to an aromatic ring is 1. The number of hydrogen-bond donors (Lipinski definition) is 2. The quantitative estimate of drug-likeness (QED) is 0.793. The highest BCUT2D eigenvalue weighted by Gasteiger charge is 2.18. The molecule has 21 heavy (non-hydrogen) atoms. The van der Waals surface area contributed by atoms with E-state index in [2.05, 4.69) is 5.32 Å². The molecule has 0 aliphatic carbocycles. The number of carbonyl (C=O) groups is 2. The van der Waals surface area contributed by atoms with E-state index in [1.807, 2.05) is 4.90 Å². The van der Waals surface area contributed by atoms with Gasteiger partial charge >= 0.3 is 0 Å². The molecule has 1 aromatic rings. The smallest absolute Gasteiger partial charge is 0.253 e. The fourth-order valence-electron chi connectivity index (χ4n) is 2.42. The summed E-state index contributed by atoms with van der Waals surface area (Å²) in [5.74, 6) is 0.267. The molecule has 1 aromatic carbocycles. The van der Waals surface area contributed by atoms with Crippen LogP contribution < -0.4 is 15.8 Å².